The summed E-state index contributed by atoms with van der Waals surface area (Å²) < 4.78 is 21.5. The zero-order valence-corrected chi connectivity index (χ0v) is 15.3. The molecule has 1 N–H and O–H groups in total. The van der Waals surface area contributed by atoms with Gasteiger partial charge in [0, 0.05) is 6.54 Å². The van der Waals surface area contributed by atoms with Gasteiger partial charge in [-0.2, -0.15) is 0 Å². The second kappa shape index (κ2) is 8.70. The van der Waals surface area contributed by atoms with Gasteiger partial charge >= 0.3 is 0 Å². The maximum absolute atomic E-state index is 6.28. The van der Waals surface area contributed by atoms with Crippen LogP contribution < -0.4 is 24.3 Å². The van der Waals surface area contributed by atoms with Crippen molar-refractivity contribution >= 4 is 11.6 Å². The lowest BCUT2D eigenvalue weighted by molar-refractivity contribution is 0.174. The summed E-state index contributed by atoms with van der Waals surface area (Å²) in [5, 5.41) is 3.88. The molecule has 1 aliphatic rings. The summed E-state index contributed by atoms with van der Waals surface area (Å²) in [6.07, 6.45) is 6.10. The number of ether oxygens (including phenoxy) is 4. The molecule has 136 valence electrons. The van der Waals surface area contributed by atoms with Gasteiger partial charge in [0.15, 0.2) is 23.0 Å². The van der Waals surface area contributed by atoms with E-state index in [1.165, 1.54) is 5.56 Å². The van der Waals surface area contributed by atoms with Gasteiger partial charge in [0.25, 0.3) is 0 Å². The van der Waals surface area contributed by atoms with Gasteiger partial charge in [0.05, 0.1) is 12.1 Å². The van der Waals surface area contributed by atoms with Crippen molar-refractivity contribution in [2.24, 2.45) is 0 Å². The Balaban J connectivity index is 1.54. The molecule has 0 aliphatic carbocycles. The molecular formula is C20H20ClNO4. The highest BCUT2D eigenvalue weighted by Gasteiger charge is 2.13. The smallest absolute Gasteiger partial charge is 0.231 e. The van der Waals surface area contributed by atoms with Crippen molar-refractivity contribution in [1.82, 2.24) is 5.32 Å². The topological polar surface area (TPSA) is 49.0 Å². The lowest BCUT2D eigenvalue weighted by Gasteiger charge is -2.13. The van der Waals surface area contributed by atoms with E-state index in [-0.39, 0.29) is 6.61 Å². The molecule has 1 heterocycles. The zero-order chi connectivity index (χ0) is 18.4. The lowest BCUT2D eigenvalue weighted by Crippen LogP contribution is -2.16. The monoisotopic (exact) mass is 373 g/mol. The van der Waals surface area contributed by atoms with Crippen molar-refractivity contribution in [2.75, 3.05) is 27.1 Å². The fraction of sp³-hybridized carbons (Fsp3) is 0.300. The van der Waals surface area contributed by atoms with Crippen molar-refractivity contribution < 1.29 is 18.9 Å². The number of halogens is 1. The third kappa shape index (κ3) is 4.34. The molecule has 0 saturated carbocycles. The van der Waals surface area contributed by atoms with Gasteiger partial charge in [-0.05, 0) is 48.4 Å². The highest BCUT2D eigenvalue weighted by Crippen LogP contribution is 2.36. The van der Waals surface area contributed by atoms with Crippen LogP contribution in [0.5, 0.6) is 23.0 Å². The van der Waals surface area contributed by atoms with E-state index in [0.717, 1.165) is 30.0 Å². The van der Waals surface area contributed by atoms with E-state index in [0.29, 0.717) is 29.9 Å². The fourth-order valence-corrected chi connectivity index (χ4v) is 2.98. The molecule has 0 saturated heterocycles. The summed E-state index contributed by atoms with van der Waals surface area (Å²) in [7, 11) is 1.57. The van der Waals surface area contributed by atoms with Gasteiger partial charge in [-0.15, -0.1) is 6.42 Å². The normalized spacial score (nSPS) is 11.9. The van der Waals surface area contributed by atoms with E-state index in [9.17, 15) is 0 Å². The van der Waals surface area contributed by atoms with Crippen molar-refractivity contribution in [3.63, 3.8) is 0 Å². The molecule has 0 aromatic heterocycles. The van der Waals surface area contributed by atoms with Crippen molar-refractivity contribution in [1.29, 1.82) is 0 Å². The van der Waals surface area contributed by atoms with E-state index in [2.05, 4.69) is 11.2 Å². The zero-order valence-electron chi connectivity index (χ0n) is 14.5. The average Bonchev–Trinajstić information content (AvgIpc) is 3.11. The van der Waals surface area contributed by atoms with Crippen LogP contribution in [0, 0.1) is 12.3 Å². The minimum absolute atomic E-state index is 0.142. The van der Waals surface area contributed by atoms with Crippen LogP contribution >= 0.6 is 11.6 Å². The summed E-state index contributed by atoms with van der Waals surface area (Å²) in [4.78, 5) is 0. The number of benzene rings is 2. The first-order chi connectivity index (χ1) is 12.7. The Morgan fingerprint density at radius 2 is 2.04 bits per heavy atom. The van der Waals surface area contributed by atoms with Crippen molar-refractivity contribution in [3.05, 3.63) is 46.5 Å². The number of nitrogens with one attached hydrogen (secondary N) is 1. The van der Waals surface area contributed by atoms with Crippen LogP contribution in [0.15, 0.2) is 30.3 Å². The molecule has 0 bridgehead atoms. The van der Waals surface area contributed by atoms with E-state index >= 15 is 0 Å². The molecule has 6 heteroatoms. The predicted octanol–water partition coefficient (Wildman–Crippen LogP) is 3.42. The quantitative estimate of drug-likeness (QED) is 0.567. The molecule has 0 atom stereocenters. The van der Waals surface area contributed by atoms with Crippen LogP contribution in [0.25, 0.3) is 0 Å². The summed E-state index contributed by atoms with van der Waals surface area (Å²) in [6, 6.07) is 9.75. The molecule has 1 aliphatic heterocycles. The minimum atomic E-state index is 0.142. The number of fused-ring (bicyclic) bond motifs is 1. The number of rotatable bonds is 8. The first-order valence-electron chi connectivity index (χ1n) is 8.23. The van der Waals surface area contributed by atoms with Gasteiger partial charge in [-0.25, -0.2) is 0 Å². The number of methoxy groups -OCH3 is 1. The molecule has 0 fully saturated rings. The van der Waals surface area contributed by atoms with Crippen LogP contribution in [-0.4, -0.2) is 27.1 Å². The molecule has 0 unspecified atom stereocenters. The van der Waals surface area contributed by atoms with Gasteiger partial charge in [-0.1, -0.05) is 23.6 Å². The number of hydrogen-bond donors (Lipinski definition) is 1. The summed E-state index contributed by atoms with van der Waals surface area (Å²) >= 11 is 6.28. The Bertz CT molecular complexity index is 816. The molecule has 26 heavy (non-hydrogen) atoms. The summed E-state index contributed by atoms with van der Waals surface area (Å²) in [5.74, 6) is 5.06. The van der Waals surface area contributed by atoms with Crippen molar-refractivity contribution in [2.45, 2.75) is 13.0 Å². The molecule has 0 amide bonds. The SMILES string of the molecule is C#CCOc1c(Cl)cc(CNCCc2ccc3c(c2)OCO3)cc1OC. The molecule has 0 spiro atoms. The molecule has 2 aromatic carbocycles. The van der Waals surface area contributed by atoms with Gasteiger partial charge in [0.1, 0.15) is 6.61 Å². The van der Waals surface area contributed by atoms with Gasteiger partial charge in [-0.3, -0.25) is 0 Å². The fourth-order valence-electron chi connectivity index (χ4n) is 2.69. The Kier molecular flexibility index (Phi) is 6.11. The first-order valence-corrected chi connectivity index (χ1v) is 8.61. The Labute approximate surface area is 158 Å². The Morgan fingerprint density at radius 1 is 1.19 bits per heavy atom. The molecular weight excluding hydrogens is 354 g/mol. The minimum Gasteiger partial charge on any atom is -0.493 e. The third-order valence-corrected chi connectivity index (χ3v) is 4.23. The second-order valence-electron chi connectivity index (χ2n) is 5.72. The molecule has 5 nitrogen and oxygen atoms in total. The van der Waals surface area contributed by atoms with E-state index in [1.807, 2.05) is 30.3 Å². The lowest BCUT2D eigenvalue weighted by atomic mass is 10.1. The maximum atomic E-state index is 6.28. The standard InChI is InChI=1S/C20H20ClNO4/c1-3-8-24-20-16(21)9-15(11-19(20)23-2)12-22-7-6-14-4-5-17-18(10-14)26-13-25-17/h1,4-5,9-11,22H,6-8,12-13H2,2H3. The van der Waals surface area contributed by atoms with Crippen LogP contribution in [0.2, 0.25) is 5.02 Å². The summed E-state index contributed by atoms with van der Waals surface area (Å²) in [6.45, 7) is 1.91. The van der Waals surface area contributed by atoms with E-state index < -0.39 is 0 Å². The Hall–Kier alpha value is -2.55. The molecule has 0 radical (unpaired) electrons. The number of hydrogen-bond acceptors (Lipinski definition) is 5. The molecule has 3 rings (SSSR count). The van der Waals surface area contributed by atoms with Crippen LogP contribution in [0.3, 0.4) is 0 Å². The van der Waals surface area contributed by atoms with Crippen molar-refractivity contribution in [3.8, 4) is 35.3 Å². The molecule has 2 aromatic rings. The van der Waals surface area contributed by atoms with Crippen LogP contribution in [0.4, 0.5) is 0 Å². The summed E-state index contributed by atoms with van der Waals surface area (Å²) in [5.41, 5.74) is 2.20. The Morgan fingerprint density at radius 3 is 2.85 bits per heavy atom. The number of terminal acetylenes is 1. The largest absolute Gasteiger partial charge is 0.493 e. The maximum Gasteiger partial charge on any atom is 0.231 e. The predicted molar refractivity (Wildman–Crippen MR) is 100 cm³/mol. The van der Waals surface area contributed by atoms with Crippen LogP contribution in [0.1, 0.15) is 11.1 Å². The van der Waals surface area contributed by atoms with Crippen LogP contribution in [-0.2, 0) is 13.0 Å². The highest BCUT2D eigenvalue weighted by atomic mass is 35.5. The first kappa shape index (κ1) is 18.2. The average molecular weight is 374 g/mol. The van der Waals surface area contributed by atoms with Gasteiger partial charge in [0.2, 0.25) is 6.79 Å². The third-order valence-electron chi connectivity index (χ3n) is 3.95. The highest BCUT2D eigenvalue weighted by molar-refractivity contribution is 6.32. The van der Waals surface area contributed by atoms with E-state index in [1.54, 1.807) is 7.11 Å². The second-order valence-corrected chi connectivity index (χ2v) is 6.12. The van der Waals surface area contributed by atoms with Gasteiger partial charge < -0.3 is 24.3 Å². The van der Waals surface area contributed by atoms with E-state index in [4.69, 9.17) is 37.0 Å².